The summed E-state index contributed by atoms with van der Waals surface area (Å²) in [6, 6.07) is 6.86. The number of hydrogen-bond donors (Lipinski definition) is 1. The van der Waals surface area contributed by atoms with Crippen LogP contribution in [0.3, 0.4) is 0 Å². The summed E-state index contributed by atoms with van der Waals surface area (Å²) < 4.78 is 10.3. The number of ether oxygens (including phenoxy) is 1. The predicted molar refractivity (Wildman–Crippen MR) is 104 cm³/mol. The minimum Gasteiger partial charge on any atom is -0.494 e. The molecule has 1 aliphatic heterocycles. The number of anilines is 1. The number of rotatable bonds is 6. The summed E-state index contributed by atoms with van der Waals surface area (Å²) in [6.45, 7) is 3.82. The maximum absolute atomic E-state index is 12.7. The number of hydrogen-bond acceptors (Lipinski definition) is 7. The van der Waals surface area contributed by atoms with Gasteiger partial charge in [-0.3, -0.25) is 24.6 Å². The van der Waals surface area contributed by atoms with Gasteiger partial charge in [0.1, 0.15) is 5.75 Å². The van der Waals surface area contributed by atoms with E-state index in [2.05, 4.69) is 5.32 Å². The first-order valence-corrected chi connectivity index (χ1v) is 9.11. The molecule has 0 bridgehead atoms. The molecular formula is C19H22N4O6. The molecule has 2 aromatic rings. The second kappa shape index (κ2) is 8.74. The maximum atomic E-state index is 12.7. The fourth-order valence-electron chi connectivity index (χ4n) is 3.17. The quantitative estimate of drug-likeness (QED) is 0.580. The van der Waals surface area contributed by atoms with Crippen LogP contribution in [-0.4, -0.2) is 65.9 Å². The number of non-ortho nitro benzene ring substituents is 1. The lowest BCUT2D eigenvalue weighted by Crippen LogP contribution is -2.54. The number of nitro groups is 1. The van der Waals surface area contributed by atoms with Crippen LogP contribution in [0.4, 0.5) is 11.4 Å². The van der Waals surface area contributed by atoms with Crippen LogP contribution in [0.5, 0.6) is 5.75 Å². The maximum Gasteiger partial charge on any atom is 0.289 e. The van der Waals surface area contributed by atoms with Crippen LogP contribution < -0.4 is 10.1 Å². The summed E-state index contributed by atoms with van der Waals surface area (Å²) in [5, 5.41) is 13.6. The molecular weight excluding hydrogens is 380 g/mol. The second-order valence-corrected chi connectivity index (χ2v) is 6.61. The van der Waals surface area contributed by atoms with Crippen molar-refractivity contribution in [2.24, 2.45) is 0 Å². The molecule has 1 saturated heterocycles. The van der Waals surface area contributed by atoms with Crippen molar-refractivity contribution in [3.05, 3.63) is 52.5 Å². The van der Waals surface area contributed by atoms with Crippen molar-refractivity contribution >= 4 is 23.2 Å². The highest BCUT2D eigenvalue weighted by Crippen LogP contribution is 2.29. The molecule has 0 aliphatic carbocycles. The van der Waals surface area contributed by atoms with Crippen LogP contribution in [0.1, 0.15) is 17.5 Å². The molecule has 1 fully saturated rings. The molecule has 0 radical (unpaired) electrons. The van der Waals surface area contributed by atoms with Crippen LogP contribution in [-0.2, 0) is 4.79 Å². The zero-order valence-electron chi connectivity index (χ0n) is 16.2. The highest BCUT2D eigenvalue weighted by Gasteiger charge is 2.29. The van der Waals surface area contributed by atoms with Gasteiger partial charge in [-0.1, -0.05) is 0 Å². The summed E-state index contributed by atoms with van der Waals surface area (Å²) in [5.74, 6) is 0.0912. The molecule has 29 heavy (non-hydrogen) atoms. The van der Waals surface area contributed by atoms with Gasteiger partial charge in [-0.05, 0) is 25.1 Å². The number of benzene rings is 1. The molecule has 3 rings (SSSR count). The minimum atomic E-state index is -0.528. The summed E-state index contributed by atoms with van der Waals surface area (Å²) >= 11 is 0. The number of carbonyl (C=O) groups is 2. The second-order valence-electron chi connectivity index (χ2n) is 6.61. The highest BCUT2D eigenvalue weighted by atomic mass is 16.6. The highest BCUT2D eigenvalue weighted by molar-refractivity contribution is 5.96. The van der Waals surface area contributed by atoms with E-state index in [9.17, 15) is 19.7 Å². The van der Waals surface area contributed by atoms with Gasteiger partial charge in [-0.25, -0.2) is 0 Å². The Morgan fingerprint density at radius 2 is 1.97 bits per heavy atom. The Labute approximate surface area is 167 Å². The Bertz CT molecular complexity index is 890. The van der Waals surface area contributed by atoms with Gasteiger partial charge in [0.2, 0.25) is 5.91 Å². The van der Waals surface area contributed by atoms with Crippen molar-refractivity contribution in [2.75, 3.05) is 38.6 Å². The van der Waals surface area contributed by atoms with Crippen molar-refractivity contribution < 1.29 is 23.7 Å². The van der Waals surface area contributed by atoms with Gasteiger partial charge in [0.05, 0.1) is 36.1 Å². The average molecular weight is 402 g/mol. The molecule has 2 amide bonds. The predicted octanol–water partition coefficient (Wildman–Crippen LogP) is 1.98. The molecule has 1 N–H and O–H groups in total. The molecule has 1 aromatic carbocycles. The van der Waals surface area contributed by atoms with E-state index in [0.717, 1.165) is 0 Å². The fraction of sp³-hybridized carbons (Fsp3) is 0.368. The molecule has 0 spiro atoms. The van der Waals surface area contributed by atoms with E-state index in [1.807, 2.05) is 4.90 Å². The third-order valence-corrected chi connectivity index (χ3v) is 4.91. The molecule has 0 saturated carbocycles. The van der Waals surface area contributed by atoms with Gasteiger partial charge < -0.3 is 19.4 Å². The third kappa shape index (κ3) is 4.54. The van der Waals surface area contributed by atoms with Crippen molar-refractivity contribution in [3.63, 3.8) is 0 Å². The molecule has 10 nitrogen and oxygen atoms in total. The lowest BCUT2D eigenvalue weighted by atomic mass is 10.2. The first kappa shape index (κ1) is 20.3. The van der Waals surface area contributed by atoms with E-state index in [0.29, 0.717) is 37.6 Å². The number of furan rings is 1. The topological polar surface area (TPSA) is 118 Å². The van der Waals surface area contributed by atoms with Gasteiger partial charge in [0, 0.05) is 32.2 Å². The van der Waals surface area contributed by atoms with E-state index >= 15 is 0 Å². The lowest BCUT2D eigenvalue weighted by molar-refractivity contribution is -0.384. The van der Waals surface area contributed by atoms with Crippen molar-refractivity contribution in [2.45, 2.75) is 13.0 Å². The Morgan fingerprint density at radius 1 is 1.24 bits per heavy atom. The van der Waals surface area contributed by atoms with Crippen LogP contribution >= 0.6 is 0 Å². The van der Waals surface area contributed by atoms with Gasteiger partial charge in [0.15, 0.2) is 5.76 Å². The van der Waals surface area contributed by atoms with Crippen LogP contribution in [0, 0.1) is 10.1 Å². The largest absolute Gasteiger partial charge is 0.494 e. The zero-order chi connectivity index (χ0) is 21.0. The van der Waals surface area contributed by atoms with Crippen molar-refractivity contribution in [1.82, 2.24) is 9.80 Å². The zero-order valence-corrected chi connectivity index (χ0v) is 16.2. The van der Waals surface area contributed by atoms with Crippen LogP contribution in [0.25, 0.3) is 0 Å². The van der Waals surface area contributed by atoms with E-state index in [-0.39, 0.29) is 23.3 Å². The lowest BCUT2D eigenvalue weighted by Gasteiger charge is -2.37. The summed E-state index contributed by atoms with van der Waals surface area (Å²) in [7, 11) is 1.38. The number of piperazine rings is 1. The Kier molecular flexibility index (Phi) is 6.13. The SMILES string of the molecule is COc1cc([N+](=O)[O-])ccc1NC(=O)[C@H](C)N1CCN(C(=O)c2ccco2)CC1. The summed E-state index contributed by atoms with van der Waals surface area (Å²) in [6.07, 6.45) is 1.46. The smallest absolute Gasteiger partial charge is 0.289 e. The Hall–Kier alpha value is -3.40. The standard InChI is InChI=1S/C19H22N4O6/c1-13(18(24)20-15-6-5-14(23(26)27)12-17(15)28-2)21-7-9-22(10-8-21)19(25)16-4-3-11-29-16/h3-6,11-13H,7-10H2,1-2H3,(H,20,24)/t13-/m0/s1. The average Bonchev–Trinajstić information content (AvgIpc) is 3.27. The molecule has 0 unspecified atom stereocenters. The van der Waals surface area contributed by atoms with Gasteiger partial charge >= 0.3 is 0 Å². The fourth-order valence-corrected chi connectivity index (χ4v) is 3.17. The minimum absolute atomic E-state index is 0.120. The molecule has 2 heterocycles. The molecule has 154 valence electrons. The first-order valence-electron chi connectivity index (χ1n) is 9.11. The van der Waals surface area contributed by atoms with E-state index in [4.69, 9.17) is 9.15 Å². The van der Waals surface area contributed by atoms with Gasteiger partial charge in [-0.2, -0.15) is 0 Å². The summed E-state index contributed by atoms with van der Waals surface area (Å²) in [5.41, 5.74) is 0.242. The van der Waals surface area contributed by atoms with E-state index < -0.39 is 11.0 Å². The molecule has 1 atom stereocenters. The molecule has 1 aromatic heterocycles. The van der Waals surface area contributed by atoms with Gasteiger partial charge in [-0.15, -0.1) is 0 Å². The molecule has 10 heteroatoms. The monoisotopic (exact) mass is 402 g/mol. The van der Waals surface area contributed by atoms with Crippen molar-refractivity contribution in [3.8, 4) is 5.75 Å². The van der Waals surface area contributed by atoms with E-state index in [1.165, 1.54) is 31.6 Å². The number of carbonyl (C=O) groups excluding carboxylic acids is 2. The number of nitro benzene ring substituents is 1. The number of nitrogens with one attached hydrogen (secondary N) is 1. The van der Waals surface area contributed by atoms with Crippen LogP contribution in [0.2, 0.25) is 0 Å². The van der Waals surface area contributed by atoms with Gasteiger partial charge in [0.25, 0.3) is 11.6 Å². The number of methoxy groups -OCH3 is 1. The van der Waals surface area contributed by atoms with Crippen molar-refractivity contribution in [1.29, 1.82) is 0 Å². The first-order chi connectivity index (χ1) is 13.9. The third-order valence-electron chi connectivity index (χ3n) is 4.91. The number of amides is 2. The summed E-state index contributed by atoms with van der Waals surface area (Å²) in [4.78, 5) is 39.0. The molecule has 1 aliphatic rings. The number of nitrogens with zero attached hydrogens (tertiary/aromatic N) is 3. The van der Waals surface area contributed by atoms with E-state index in [1.54, 1.807) is 24.0 Å². The Morgan fingerprint density at radius 3 is 2.55 bits per heavy atom. The normalized spacial score (nSPS) is 15.6. The Balaban J connectivity index is 1.58. The van der Waals surface area contributed by atoms with Crippen LogP contribution in [0.15, 0.2) is 41.0 Å².